The molecule has 0 radical (unpaired) electrons. The SMILES string of the molecule is CCOc1cccc(C(=O)Nc2cc(-c3nc4ccc(C)cc4o3)ccc2C)c1. The third kappa shape index (κ3) is 3.99. The van der Waals surface area contributed by atoms with Gasteiger partial charge in [-0.15, -0.1) is 0 Å². The van der Waals surface area contributed by atoms with Gasteiger partial charge in [0.1, 0.15) is 11.3 Å². The molecule has 0 spiro atoms. The maximum Gasteiger partial charge on any atom is 0.255 e. The zero-order chi connectivity index (χ0) is 20.4. The van der Waals surface area contributed by atoms with Crippen molar-refractivity contribution in [3.05, 3.63) is 77.4 Å². The molecule has 146 valence electrons. The first-order valence-electron chi connectivity index (χ1n) is 9.56. The molecule has 1 amide bonds. The number of fused-ring (bicyclic) bond motifs is 1. The molecule has 0 aliphatic heterocycles. The van der Waals surface area contributed by atoms with Gasteiger partial charge in [-0.3, -0.25) is 4.79 Å². The number of aromatic nitrogens is 1. The van der Waals surface area contributed by atoms with Gasteiger partial charge < -0.3 is 14.5 Å². The quantitative estimate of drug-likeness (QED) is 0.473. The molecule has 1 heterocycles. The molecular weight excluding hydrogens is 364 g/mol. The van der Waals surface area contributed by atoms with Crippen molar-refractivity contribution in [3.8, 4) is 17.2 Å². The minimum absolute atomic E-state index is 0.194. The van der Waals surface area contributed by atoms with E-state index < -0.39 is 0 Å². The van der Waals surface area contributed by atoms with E-state index in [1.165, 1.54) is 0 Å². The number of nitrogens with one attached hydrogen (secondary N) is 1. The van der Waals surface area contributed by atoms with E-state index in [1.54, 1.807) is 12.1 Å². The van der Waals surface area contributed by atoms with Crippen molar-refractivity contribution in [1.29, 1.82) is 0 Å². The van der Waals surface area contributed by atoms with Crippen LogP contribution in [-0.4, -0.2) is 17.5 Å². The average Bonchev–Trinajstić information content (AvgIpc) is 3.13. The summed E-state index contributed by atoms with van der Waals surface area (Å²) in [5, 5.41) is 2.98. The van der Waals surface area contributed by atoms with Crippen LogP contribution in [0.5, 0.6) is 5.75 Å². The monoisotopic (exact) mass is 386 g/mol. The fourth-order valence-electron chi connectivity index (χ4n) is 3.13. The van der Waals surface area contributed by atoms with Crippen molar-refractivity contribution in [2.75, 3.05) is 11.9 Å². The van der Waals surface area contributed by atoms with Crippen LogP contribution in [0.2, 0.25) is 0 Å². The molecule has 0 fully saturated rings. The van der Waals surface area contributed by atoms with Crippen LogP contribution >= 0.6 is 0 Å². The summed E-state index contributed by atoms with van der Waals surface area (Å²) in [7, 11) is 0. The van der Waals surface area contributed by atoms with Gasteiger partial charge in [-0.25, -0.2) is 4.98 Å². The molecule has 0 saturated carbocycles. The van der Waals surface area contributed by atoms with E-state index in [0.29, 0.717) is 29.5 Å². The Labute approximate surface area is 169 Å². The van der Waals surface area contributed by atoms with E-state index in [1.807, 2.05) is 69.3 Å². The van der Waals surface area contributed by atoms with Crippen LogP contribution < -0.4 is 10.1 Å². The Bertz CT molecular complexity index is 1190. The Morgan fingerprint density at radius 3 is 2.76 bits per heavy atom. The van der Waals surface area contributed by atoms with Crippen LogP contribution in [0.4, 0.5) is 5.69 Å². The van der Waals surface area contributed by atoms with E-state index in [4.69, 9.17) is 9.15 Å². The number of hydrogen-bond donors (Lipinski definition) is 1. The van der Waals surface area contributed by atoms with E-state index in [9.17, 15) is 4.79 Å². The molecule has 0 aliphatic rings. The Morgan fingerprint density at radius 2 is 1.93 bits per heavy atom. The Hall–Kier alpha value is -3.60. The number of rotatable bonds is 5. The van der Waals surface area contributed by atoms with Crippen LogP contribution in [0.3, 0.4) is 0 Å². The lowest BCUT2D eigenvalue weighted by atomic mass is 10.1. The van der Waals surface area contributed by atoms with Crippen LogP contribution in [0.25, 0.3) is 22.6 Å². The molecule has 3 aromatic carbocycles. The summed E-state index contributed by atoms with van der Waals surface area (Å²) in [4.78, 5) is 17.3. The van der Waals surface area contributed by atoms with Crippen molar-refractivity contribution in [1.82, 2.24) is 4.98 Å². The summed E-state index contributed by atoms with van der Waals surface area (Å²) in [6.45, 7) is 6.43. The first-order valence-corrected chi connectivity index (χ1v) is 9.56. The molecular formula is C24H22N2O3. The third-order valence-corrected chi connectivity index (χ3v) is 4.68. The lowest BCUT2D eigenvalue weighted by Crippen LogP contribution is -2.13. The summed E-state index contributed by atoms with van der Waals surface area (Å²) in [5.74, 6) is 1.01. The standard InChI is InChI=1S/C24H22N2O3/c1-4-28-19-7-5-6-17(13-19)23(27)25-21-14-18(10-9-16(21)3)24-26-20-11-8-15(2)12-22(20)29-24/h5-14H,4H2,1-3H3,(H,25,27). The smallest absolute Gasteiger partial charge is 0.255 e. The molecule has 29 heavy (non-hydrogen) atoms. The van der Waals surface area contributed by atoms with Crippen molar-refractivity contribution in [3.63, 3.8) is 0 Å². The molecule has 4 aromatic rings. The molecule has 0 bridgehead atoms. The summed E-state index contributed by atoms with van der Waals surface area (Å²) in [6.07, 6.45) is 0. The van der Waals surface area contributed by atoms with E-state index >= 15 is 0 Å². The number of amides is 1. The highest BCUT2D eigenvalue weighted by Gasteiger charge is 2.13. The molecule has 5 nitrogen and oxygen atoms in total. The first kappa shape index (κ1) is 18.7. The van der Waals surface area contributed by atoms with Gasteiger partial charge >= 0.3 is 0 Å². The van der Waals surface area contributed by atoms with Gasteiger partial charge in [-0.2, -0.15) is 0 Å². The minimum atomic E-state index is -0.194. The van der Waals surface area contributed by atoms with Crippen LogP contribution in [0, 0.1) is 13.8 Å². The number of carbonyl (C=O) groups is 1. The van der Waals surface area contributed by atoms with Gasteiger partial charge in [0.2, 0.25) is 5.89 Å². The molecule has 5 heteroatoms. The van der Waals surface area contributed by atoms with Gasteiger partial charge in [0.05, 0.1) is 6.61 Å². The Morgan fingerprint density at radius 1 is 1.07 bits per heavy atom. The maximum absolute atomic E-state index is 12.7. The second-order valence-electron chi connectivity index (χ2n) is 6.93. The van der Waals surface area contributed by atoms with Crippen molar-refractivity contribution in [2.24, 2.45) is 0 Å². The molecule has 0 atom stereocenters. The maximum atomic E-state index is 12.7. The summed E-state index contributed by atoms with van der Waals surface area (Å²) in [5.41, 5.74) is 5.69. The highest BCUT2D eigenvalue weighted by molar-refractivity contribution is 6.05. The van der Waals surface area contributed by atoms with Crippen LogP contribution in [-0.2, 0) is 0 Å². The summed E-state index contributed by atoms with van der Waals surface area (Å²) < 4.78 is 11.4. The summed E-state index contributed by atoms with van der Waals surface area (Å²) in [6, 6.07) is 18.8. The highest BCUT2D eigenvalue weighted by atomic mass is 16.5. The van der Waals surface area contributed by atoms with Crippen molar-refractivity contribution >= 4 is 22.7 Å². The molecule has 1 N–H and O–H groups in total. The number of ether oxygens (including phenoxy) is 1. The molecule has 4 rings (SSSR count). The number of hydrogen-bond acceptors (Lipinski definition) is 4. The topological polar surface area (TPSA) is 64.4 Å². The largest absolute Gasteiger partial charge is 0.494 e. The number of benzene rings is 3. The average molecular weight is 386 g/mol. The van der Waals surface area contributed by atoms with Crippen LogP contribution in [0.15, 0.2) is 65.1 Å². The van der Waals surface area contributed by atoms with E-state index in [2.05, 4.69) is 10.3 Å². The summed E-state index contributed by atoms with van der Waals surface area (Å²) >= 11 is 0. The number of aryl methyl sites for hydroxylation is 2. The lowest BCUT2D eigenvalue weighted by molar-refractivity contribution is 0.102. The fraction of sp³-hybridized carbons (Fsp3) is 0.167. The normalized spacial score (nSPS) is 10.9. The molecule has 0 aliphatic carbocycles. The number of carbonyl (C=O) groups excluding carboxylic acids is 1. The Balaban J connectivity index is 1.62. The fourth-order valence-corrected chi connectivity index (χ4v) is 3.13. The highest BCUT2D eigenvalue weighted by Crippen LogP contribution is 2.29. The molecule has 0 saturated heterocycles. The minimum Gasteiger partial charge on any atom is -0.494 e. The van der Waals surface area contributed by atoms with Crippen LogP contribution in [0.1, 0.15) is 28.4 Å². The van der Waals surface area contributed by atoms with Gasteiger partial charge in [-0.05, 0) is 74.4 Å². The predicted molar refractivity (Wildman–Crippen MR) is 114 cm³/mol. The number of anilines is 1. The second-order valence-corrected chi connectivity index (χ2v) is 6.93. The lowest BCUT2D eigenvalue weighted by Gasteiger charge is -2.11. The van der Waals surface area contributed by atoms with Crippen molar-refractivity contribution < 1.29 is 13.9 Å². The number of nitrogens with zero attached hydrogens (tertiary/aromatic N) is 1. The predicted octanol–water partition coefficient (Wildman–Crippen LogP) is 5.76. The zero-order valence-electron chi connectivity index (χ0n) is 16.7. The van der Waals surface area contributed by atoms with Gasteiger partial charge in [0.25, 0.3) is 5.91 Å². The van der Waals surface area contributed by atoms with Gasteiger partial charge in [0.15, 0.2) is 5.58 Å². The molecule has 0 unspecified atom stereocenters. The third-order valence-electron chi connectivity index (χ3n) is 4.68. The first-order chi connectivity index (χ1) is 14.0. The van der Waals surface area contributed by atoms with Crippen molar-refractivity contribution in [2.45, 2.75) is 20.8 Å². The number of oxazole rings is 1. The second kappa shape index (κ2) is 7.80. The van der Waals surface area contributed by atoms with Gasteiger partial charge in [0, 0.05) is 16.8 Å². The Kier molecular flexibility index (Phi) is 5.04. The van der Waals surface area contributed by atoms with Gasteiger partial charge in [-0.1, -0.05) is 18.2 Å². The van der Waals surface area contributed by atoms with E-state index in [0.717, 1.165) is 27.8 Å². The zero-order valence-corrected chi connectivity index (χ0v) is 16.7. The van der Waals surface area contributed by atoms with E-state index in [-0.39, 0.29) is 5.91 Å². The molecule has 1 aromatic heterocycles.